The van der Waals surface area contributed by atoms with E-state index in [1.165, 1.54) is 0 Å². The summed E-state index contributed by atoms with van der Waals surface area (Å²) in [5, 5.41) is 16.1. The van der Waals surface area contributed by atoms with Gasteiger partial charge in [-0.15, -0.1) is 0 Å². The van der Waals surface area contributed by atoms with E-state index in [-0.39, 0.29) is 18.2 Å². The minimum atomic E-state index is 0.0259. The minimum absolute atomic E-state index is 0.0259. The molecule has 1 aromatic carbocycles. The summed E-state index contributed by atoms with van der Waals surface area (Å²) >= 11 is 0. The van der Waals surface area contributed by atoms with Crippen molar-refractivity contribution >= 4 is 0 Å². The predicted molar refractivity (Wildman–Crippen MR) is 72.0 cm³/mol. The van der Waals surface area contributed by atoms with Crippen molar-refractivity contribution in [2.75, 3.05) is 19.7 Å². The summed E-state index contributed by atoms with van der Waals surface area (Å²) in [6.45, 7) is 8.30. The molecule has 0 aromatic heterocycles. The van der Waals surface area contributed by atoms with Crippen LogP contribution < -0.4 is 10.6 Å². The Morgan fingerprint density at radius 3 is 2.29 bits per heavy atom. The van der Waals surface area contributed by atoms with E-state index in [9.17, 15) is 5.11 Å². The van der Waals surface area contributed by atoms with Gasteiger partial charge >= 0.3 is 0 Å². The van der Waals surface area contributed by atoms with Crippen molar-refractivity contribution in [1.29, 1.82) is 0 Å². The fourth-order valence-corrected chi connectivity index (χ4v) is 1.66. The van der Waals surface area contributed by atoms with Crippen LogP contribution >= 0.6 is 0 Å². The van der Waals surface area contributed by atoms with Crippen molar-refractivity contribution in [2.45, 2.75) is 32.4 Å². The molecule has 0 heterocycles. The Kier molecular flexibility index (Phi) is 5.62. The number of benzene rings is 1. The van der Waals surface area contributed by atoms with Gasteiger partial charge in [-0.25, -0.2) is 0 Å². The molecule has 1 aromatic rings. The zero-order valence-corrected chi connectivity index (χ0v) is 11.0. The van der Waals surface area contributed by atoms with Gasteiger partial charge in [-0.05, 0) is 26.3 Å². The van der Waals surface area contributed by atoms with Gasteiger partial charge in [0.1, 0.15) is 0 Å². The Labute approximate surface area is 104 Å². The van der Waals surface area contributed by atoms with Gasteiger partial charge < -0.3 is 15.7 Å². The lowest BCUT2D eigenvalue weighted by Gasteiger charge is -2.22. The van der Waals surface area contributed by atoms with Crippen molar-refractivity contribution in [2.24, 2.45) is 0 Å². The zero-order valence-electron chi connectivity index (χ0n) is 11.0. The molecule has 3 N–H and O–H groups in total. The van der Waals surface area contributed by atoms with Gasteiger partial charge in [-0.3, -0.25) is 0 Å². The first-order chi connectivity index (χ1) is 8.03. The highest BCUT2D eigenvalue weighted by molar-refractivity contribution is 5.18. The van der Waals surface area contributed by atoms with Crippen LogP contribution in [0.25, 0.3) is 0 Å². The number of aliphatic hydroxyl groups is 1. The molecule has 0 aliphatic heterocycles. The molecular formula is C14H24N2O. The van der Waals surface area contributed by atoms with Crippen LogP contribution in [0.5, 0.6) is 0 Å². The molecule has 0 saturated carbocycles. The standard InChI is InChI=1S/C14H24N2O/c1-14(2,3)16-10-9-15-13(11-17)12-7-5-4-6-8-12/h4-8,13,15-17H,9-11H2,1-3H3/t13-/m0/s1. The number of hydrogen-bond donors (Lipinski definition) is 3. The van der Waals surface area contributed by atoms with Crippen LogP contribution in [-0.2, 0) is 0 Å². The minimum Gasteiger partial charge on any atom is -0.394 e. The maximum absolute atomic E-state index is 9.36. The predicted octanol–water partition coefficient (Wildman–Crippen LogP) is 1.70. The third-order valence-electron chi connectivity index (χ3n) is 2.56. The monoisotopic (exact) mass is 236 g/mol. The quantitative estimate of drug-likeness (QED) is 0.659. The Bertz CT molecular complexity index is 306. The molecule has 17 heavy (non-hydrogen) atoms. The summed E-state index contributed by atoms with van der Waals surface area (Å²) in [6, 6.07) is 10.1. The first kappa shape index (κ1) is 14.2. The summed E-state index contributed by atoms with van der Waals surface area (Å²) in [7, 11) is 0. The highest BCUT2D eigenvalue weighted by Gasteiger charge is 2.10. The van der Waals surface area contributed by atoms with Crippen LogP contribution in [0.15, 0.2) is 30.3 Å². The lowest BCUT2D eigenvalue weighted by atomic mass is 10.1. The molecule has 96 valence electrons. The van der Waals surface area contributed by atoms with E-state index in [0.29, 0.717) is 0 Å². The molecule has 0 amide bonds. The summed E-state index contributed by atoms with van der Waals surface area (Å²) in [4.78, 5) is 0. The molecule has 1 rings (SSSR count). The van der Waals surface area contributed by atoms with E-state index in [2.05, 4.69) is 31.4 Å². The maximum Gasteiger partial charge on any atom is 0.0626 e. The fourth-order valence-electron chi connectivity index (χ4n) is 1.66. The maximum atomic E-state index is 9.36. The van der Waals surface area contributed by atoms with Gasteiger partial charge in [0.25, 0.3) is 0 Å². The van der Waals surface area contributed by atoms with Crippen LogP contribution in [0, 0.1) is 0 Å². The summed E-state index contributed by atoms with van der Waals surface area (Å²) in [5.41, 5.74) is 1.27. The largest absolute Gasteiger partial charge is 0.394 e. The molecular weight excluding hydrogens is 212 g/mol. The summed E-state index contributed by atoms with van der Waals surface area (Å²) in [5.74, 6) is 0. The average molecular weight is 236 g/mol. The summed E-state index contributed by atoms with van der Waals surface area (Å²) in [6.07, 6.45) is 0. The van der Waals surface area contributed by atoms with Gasteiger partial charge in [0.05, 0.1) is 12.6 Å². The first-order valence-electron chi connectivity index (χ1n) is 6.17. The zero-order chi connectivity index (χ0) is 12.7. The molecule has 0 aliphatic rings. The Hall–Kier alpha value is -0.900. The van der Waals surface area contributed by atoms with Gasteiger partial charge in [-0.2, -0.15) is 0 Å². The topological polar surface area (TPSA) is 44.3 Å². The third-order valence-corrected chi connectivity index (χ3v) is 2.56. The van der Waals surface area contributed by atoms with E-state index in [1.807, 2.05) is 30.3 Å². The van der Waals surface area contributed by atoms with Crippen molar-refractivity contribution in [3.8, 4) is 0 Å². The highest BCUT2D eigenvalue weighted by Crippen LogP contribution is 2.10. The third kappa shape index (κ3) is 5.82. The summed E-state index contributed by atoms with van der Waals surface area (Å²) < 4.78 is 0. The van der Waals surface area contributed by atoms with Crippen LogP contribution in [0.2, 0.25) is 0 Å². The van der Waals surface area contributed by atoms with Crippen LogP contribution in [0.1, 0.15) is 32.4 Å². The van der Waals surface area contributed by atoms with E-state index in [0.717, 1.165) is 18.7 Å². The van der Waals surface area contributed by atoms with E-state index in [1.54, 1.807) is 0 Å². The normalized spacial score (nSPS) is 13.6. The van der Waals surface area contributed by atoms with Crippen LogP contribution in [0.4, 0.5) is 0 Å². The second kappa shape index (κ2) is 6.74. The molecule has 0 unspecified atom stereocenters. The molecule has 1 atom stereocenters. The second-order valence-corrected chi connectivity index (χ2v) is 5.28. The van der Waals surface area contributed by atoms with E-state index >= 15 is 0 Å². The smallest absolute Gasteiger partial charge is 0.0626 e. The lowest BCUT2D eigenvalue weighted by Crippen LogP contribution is -2.41. The van der Waals surface area contributed by atoms with Crippen molar-refractivity contribution < 1.29 is 5.11 Å². The van der Waals surface area contributed by atoms with Crippen LogP contribution in [-0.4, -0.2) is 30.3 Å². The van der Waals surface area contributed by atoms with Gasteiger partial charge in [0.2, 0.25) is 0 Å². The fraction of sp³-hybridized carbons (Fsp3) is 0.571. The first-order valence-corrected chi connectivity index (χ1v) is 6.17. The molecule has 0 spiro atoms. The molecule has 0 aliphatic carbocycles. The number of hydrogen-bond acceptors (Lipinski definition) is 3. The van der Waals surface area contributed by atoms with E-state index < -0.39 is 0 Å². The number of nitrogens with one attached hydrogen (secondary N) is 2. The average Bonchev–Trinajstić information content (AvgIpc) is 2.29. The number of aliphatic hydroxyl groups excluding tert-OH is 1. The molecule has 0 saturated heterocycles. The van der Waals surface area contributed by atoms with Crippen molar-refractivity contribution in [3.63, 3.8) is 0 Å². The SMILES string of the molecule is CC(C)(C)NCCN[C@@H](CO)c1ccccc1. The second-order valence-electron chi connectivity index (χ2n) is 5.28. The molecule has 0 fully saturated rings. The van der Waals surface area contributed by atoms with Gasteiger partial charge in [0.15, 0.2) is 0 Å². The lowest BCUT2D eigenvalue weighted by molar-refractivity contribution is 0.243. The molecule has 3 heteroatoms. The Balaban J connectivity index is 2.34. The Morgan fingerprint density at radius 2 is 1.76 bits per heavy atom. The van der Waals surface area contributed by atoms with E-state index in [4.69, 9.17) is 0 Å². The molecule has 0 radical (unpaired) electrons. The van der Waals surface area contributed by atoms with Crippen LogP contribution in [0.3, 0.4) is 0 Å². The van der Waals surface area contributed by atoms with Gasteiger partial charge in [0, 0.05) is 18.6 Å². The molecule has 3 nitrogen and oxygen atoms in total. The van der Waals surface area contributed by atoms with Crippen molar-refractivity contribution in [3.05, 3.63) is 35.9 Å². The highest BCUT2D eigenvalue weighted by atomic mass is 16.3. The number of rotatable bonds is 6. The van der Waals surface area contributed by atoms with Crippen molar-refractivity contribution in [1.82, 2.24) is 10.6 Å². The van der Waals surface area contributed by atoms with Gasteiger partial charge in [-0.1, -0.05) is 30.3 Å². The molecule has 0 bridgehead atoms. The Morgan fingerprint density at radius 1 is 1.12 bits per heavy atom.